The zero-order valence-corrected chi connectivity index (χ0v) is 24.4. The molecule has 1 aromatic heterocycles. The third-order valence-electron chi connectivity index (χ3n) is 6.97. The highest BCUT2D eigenvalue weighted by Gasteiger charge is 2.46. The van der Waals surface area contributed by atoms with Crippen molar-refractivity contribution in [1.82, 2.24) is 14.9 Å². The van der Waals surface area contributed by atoms with Crippen LogP contribution in [0.2, 0.25) is 10.0 Å². The molecule has 2 aliphatic rings. The van der Waals surface area contributed by atoms with Gasteiger partial charge in [-0.05, 0) is 51.8 Å². The van der Waals surface area contributed by atoms with Gasteiger partial charge in [-0.1, -0.05) is 23.2 Å². The number of hydrogen-bond acceptors (Lipinski definition) is 7. The highest BCUT2D eigenvalue weighted by Crippen LogP contribution is 2.42. The molecule has 2 saturated heterocycles. The van der Waals surface area contributed by atoms with Gasteiger partial charge in [0.05, 0.1) is 21.2 Å². The van der Waals surface area contributed by atoms with Crippen LogP contribution in [0.25, 0.3) is 10.9 Å². The maximum absolute atomic E-state index is 14.8. The number of nitrogens with zero attached hydrogens (tertiary/aromatic N) is 3. The first-order valence-corrected chi connectivity index (χ1v) is 14.0. The van der Waals surface area contributed by atoms with Crippen LogP contribution in [0.4, 0.5) is 33.9 Å². The minimum absolute atomic E-state index is 0.0182. The second-order valence-electron chi connectivity index (χ2n) is 11.3. The van der Waals surface area contributed by atoms with Crippen molar-refractivity contribution in [3.05, 3.63) is 46.5 Å². The Bertz CT molecular complexity index is 1490. The van der Waals surface area contributed by atoms with Crippen LogP contribution in [0, 0.1) is 5.82 Å². The lowest BCUT2D eigenvalue weighted by Crippen LogP contribution is -2.50. The number of hydrogen-bond donors (Lipinski definition) is 1. The second kappa shape index (κ2) is 11.4. The van der Waals surface area contributed by atoms with Gasteiger partial charge in [-0.2, -0.15) is 13.2 Å². The molecule has 14 heteroatoms. The monoisotopic (exact) mass is 630 g/mol. The van der Waals surface area contributed by atoms with Crippen LogP contribution in [0.5, 0.6) is 11.5 Å². The lowest BCUT2D eigenvalue weighted by Gasteiger charge is -2.39. The fraction of sp³-hybridized carbons (Fsp3) is 0.464. The first-order chi connectivity index (χ1) is 19.7. The number of carbonyl (C=O) groups is 1. The molecule has 0 aliphatic carbocycles. The van der Waals surface area contributed by atoms with E-state index in [-0.39, 0.29) is 50.6 Å². The molecule has 2 fully saturated rings. The lowest BCUT2D eigenvalue weighted by molar-refractivity contribution is -0.153. The standard InChI is InChI=1S/C28H28Cl2F4N4O4/c1-27(2,3)42-26(39)38-14-4-5-15(38)9-16(8-14)41-22-10-17-20(11-21(22)40-12-28(32,33)34)35-13-36-25(17)37-19-7-6-18(29)23(30)24(19)31/h6-7,10-11,13-16H,4-5,8-9,12H2,1-3H3,(H,35,36,37)/t14-,15+,16-. The predicted molar refractivity (Wildman–Crippen MR) is 149 cm³/mol. The van der Waals surface area contributed by atoms with Crippen molar-refractivity contribution in [2.24, 2.45) is 0 Å². The van der Waals surface area contributed by atoms with Gasteiger partial charge in [0, 0.05) is 36.4 Å². The summed E-state index contributed by atoms with van der Waals surface area (Å²) in [7, 11) is 0. The van der Waals surface area contributed by atoms with Crippen LogP contribution in [-0.4, -0.2) is 57.5 Å². The van der Waals surface area contributed by atoms with Gasteiger partial charge in [-0.25, -0.2) is 19.2 Å². The summed E-state index contributed by atoms with van der Waals surface area (Å²) in [6.07, 6.45) is -1.79. The molecule has 0 radical (unpaired) electrons. The number of fused-ring (bicyclic) bond motifs is 3. The van der Waals surface area contributed by atoms with Gasteiger partial charge >= 0.3 is 12.3 Å². The van der Waals surface area contributed by atoms with Crippen molar-refractivity contribution in [2.75, 3.05) is 11.9 Å². The first kappa shape index (κ1) is 30.2. The number of anilines is 2. The molecule has 5 rings (SSSR count). The van der Waals surface area contributed by atoms with E-state index >= 15 is 0 Å². The Morgan fingerprint density at radius 2 is 1.76 bits per heavy atom. The van der Waals surface area contributed by atoms with Crippen molar-refractivity contribution in [2.45, 2.75) is 76.4 Å². The Morgan fingerprint density at radius 1 is 1.07 bits per heavy atom. The summed E-state index contributed by atoms with van der Waals surface area (Å²) in [5.41, 5.74) is -0.430. The quantitative estimate of drug-likeness (QED) is 0.218. The summed E-state index contributed by atoms with van der Waals surface area (Å²) in [6.45, 7) is 3.86. The van der Waals surface area contributed by atoms with E-state index in [2.05, 4.69) is 15.3 Å². The average molecular weight is 631 g/mol. The minimum atomic E-state index is -4.59. The Morgan fingerprint density at radius 3 is 2.40 bits per heavy atom. The Hall–Kier alpha value is -3.25. The smallest absolute Gasteiger partial charge is 0.422 e. The molecule has 1 N–H and O–H groups in total. The Labute approximate surface area is 249 Å². The highest BCUT2D eigenvalue weighted by molar-refractivity contribution is 6.42. The third kappa shape index (κ3) is 6.70. The molecule has 42 heavy (non-hydrogen) atoms. The van der Waals surface area contributed by atoms with Crippen LogP contribution in [0.1, 0.15) is 46.5 Å². The number of rotatable bonds is 6. The molecule has 2 aromatic carbocycles. The molecule has 0 spiro atoms. The van der Waals surface area contributed by atoms with Gasteiger partial charge in [0.25, 0.3) is 0 Å². The van der Waals surface area contributed by atoms with E-state index in [1.54, 1.807) is 25.7 Å². The molecule has 226 valence electrons. The molecule has 3 atom stereocenters. The number of alkyl halides is 3. The Kier molecular flexibility index (Phi) is 8.23. The van der Waals surface area contributed by atoms with Crippen LogP contribution in [-0.2, 0) is 4.74 Å². The van der Waals surface area contributed by atoms with E-state index in [0.29, 0.717) is 18.2 Å². The molecular formula is C28H28Cl2F4N4O4. The summed E-state index contributed by atoms with van der Waals surface area (Å²) in [5, 5.41) is 2.94. The number of piperidine rings is 1. The van der Waals surface area contributed by atoms with Crippen molar-refractivity contribution < 1.29 is 36.6 Å². The van der Waals surface area contributed by atoms with Gasteiger partial charge in [0.15, 0.2) is 23.9 Å². The van der Waals surface area contributed by atoms with Crippen molar-refractivity contribution in [3.8, 4) is 11.5 Å². The summed E-state index contributed by atoms with van der Waals surface area (Å²) < 4.78 is 71.0. The van der Waals surface area contributed by atoms with E-state index in [1.165, 1.54) is 30.6 Å². The van der Waals surface area contributed by atoms with E-state index < -0.39 is 36.4 Å². The molecular weight excluding hydrogens is 603 g/mol. The van der Waals surface area contributed by atoms with Crippen LogP contribution in [0.15, 0.2) is 30.6 Å². The van der Waals surface area contributed by atoms with E-state index in [0.717, 1.165) is 12.8 Å². The van der Waals surface area contributed by atoms with Crippen molar-refractivity contribution in [3.63, 3.8) is 0 Å². The zero-order valence-electron chi connectivity index (χ0n) is 22.9. The summed E-state index contributed by atoms with van der Waals surface area (Å²) in [4.78, 5) is 22.9. The normalized spacial score (nSPS) is 20.5. The first-order valence-electron chi connectivity index (χ1n) is 13.3. The topological polar surface area (TPSA) is 85.8 Å². The molecule has 3 aromatic rings. The van der Waals surface area contributed by atoms with Gasteiger partial charge in [-0.15, -0.1) is 0 Å². The molecule has 1 amide bonds. The largest absolute Gasteiger partial charge is 0.486 e. The minimum Gasteiger partial charge on any atom is -0.486 e. The fourth-order valence-electron chi connectivity index (χ4n) is 5.29. The van der Waals surface area contributed by atoms with Crippen LogP contribution >= 0.6 is 23.2 Å². The van der Waals surface area contributed by atoms with E-state index in [9.17, 15) is 22.4 Å². The highest BCUT2D eigenvalue weighted by atomic mass is 35.5. The third-order valence-corrected chi connectivity index (χ3v) is 7.75. The van der Waals surface area contributed by atoms with Gasteiger partial charge in [0.2, 0.25) is 0 Å². The number of halogens is 6. The van der Waals surface area contributed by atoms with Crippen molar-refractivity contribution in [1.29, 1.82) is 0 Å². The zero-order chi connectivity index (χ0) is 30.4. The van der Waals surface area contributed by atoms with E-state index in [1.807, 2.05) is 0 Å². The SMILES string of the molecule is CC(C)(C)OC(=O)N1[C@@H]2CC[C@H]1C[C@H](Oc1cc3c(Nc4ccc(Cl)c(Cl)c4F)ncnc3cc1OCC(F)(F)F)C2. The molecule has 3 heterocycles. The number of amides is 1. The number of nitrogens with one attached hydrogen (secondary N) is 1. The van der Waals surface area contributed by atoms with Crippen LogP contribution < -0.4 is 14.8 Å². The van der Waals surface area contributed by atoms with Gasteiger partial charge in [-0.3, -0.25) is 0 Å². The predicted octanol–water partition coefficient (Wildman–Crippen LogP) is 8.07. The van der Waals surface area contributed by atoms with Crippen LogP contribution in [0.3, 0.4) is 0 Å². The maximum atomic E-state index is 14.8. The number of benzene rings is 2. The van der Waals surface area contributed by atoms with Gasteiger partial charge in [0.1, 0.15) is 23.9 Å². The molecule has 8 nitrogen and oxygen atoms in total. The lowest BCUT2D eigenvalue weighted by atomic mass is 10.00. The van der Waals surface area contributed by atoms with Crippen molar-refractivity contribution >= 4 is 51.7 Å². The molecule has 0 unspecified atom stereocenters. The second-order valence-corrected chi connectivity index (χ2v) is 12.1. The average Bonchev–Trinajstić information content (AvgIpc) is 3.17. The number of carbonyl (C=O) groups excluding carboxylic acids is 1. The summed E-state index contributed by atoms with van der Waals surface area (Å²) in [5.74, 6) is -0.768. The van der Waals surface area contributed by atoms with Gasteiger partial charge < -0.3 is 24.4 Å². The molecule has 2 aliphatic heterocycles. The Balaban J connectivity index is 1.45. The molecule has 0 saturated carbocycles. The molecule has 2 bridgehead atoms. The van der Waals surface area contributed by atoms with E-state index in [4.69, 9.17) is 37.4 Å². The number of ether oxygens (including phenoxy) is 3. The number of aromatic nitrogens is 2. The summed E-state index contributed by atoms with van der Waals surface area (Å²) >= 11 is 11.8. The summed E-state index contributed by atoms with van der Waals surface area (Å²) in [6, 6.07) is 5.29. The maximum Gasteiger partial charge on any atom is 0.422 e. The fourth-order valence-corrected chi connectivity index (χ4v) is 5.60.